The second-order valence-corrected chi connectivity index (χ2v) is 4.08. The van der Waals surface area contributed by atoms with Crippen molar-refractivity contribution in [3.8, 4) is 0 Å². The van der Waals surface area contributed by atoms with Crippen molar-refractivity contribution in [2.45, 2.75) is 31.6 Å². The van der Waals surface area contributed by atoms with Crippen LogP contribution in [0, 0.1) is 11.8 Å². The summed E-state index contributed by atoms with van der Waals surface area (Å²) < 4.78 is 73.4. The lowest BCUT2D eigenvalue weighted by Crippen LogP contribution is -2.40. The molecule has 0 aromatic carbocycles. The van der Waals surface area contributed by atoms with Gasteiger partial charge in [-0.05, 0) is 38.3 Å². The van der Waals surface area contributed by atoms with E-state index in [9.17, 15) is 26.3 Å². The van der Waals surface area contributed by atoms with Crippen LogP contribution in [0.25, 0.3) is 0 Å². The Morgan fingerprint density at radius 1 is 1.06 bits per heavy atom. The molecular weight excluding hydrogens is 236 g/mol. The quantitative estimate of drug-likeness (QED) is 0.741. The predicted octanol–water partition coefficient (Wildman–Crippen LogP) is 3.12. The Balaban J connectivity index is 2.63. The van der Waals surface area contributed by atoms with Crippen molar-refractivity contribution in [3.05, 3.63) is 0 Å². The van der Waals surface area contributed by atoms with E-state index in [2.05, 4.69) is 5.32 Å². The second-order valence-electron chi connectivity index (χ2n) is 4.08. The number of alkyl halides is 6. The Kier molecular flexibility index (Phi) is 4.09. The monoisotopic (exact) mass is 249 g/mol. The van der Waals surface area contributed by atoms with Gasteiger partial charge in [-0.25, -0.2) is 0 Å². The van der Waals surface area contributed by atoms with Crippen molar-refractivity contribution >= 4 is 0 Å². The van der Waals surface area contributed by atoms with Gasteiger partial charge >= 0.3 is 12.4 Å². The minimum atomic E-state index is -5.20. The maximum Gasteiger partial charge on any atom is 0.400 e. The fraction of sp³-hybridized carbons (Fsp3) is 1.00. The van der Waals surface area contributed by atoms with Gasteiger partial charge in [-0.3, -0.25) is 0 Å². The molecule has 0 bridgehead atoms. The summed E-state index contributed by atoms with van der Waals surface area (Å²) in [5, 5.41) is 2.81. The molecule has 7 heteroatoms. The van der Waals surface area contributed by atoms with Crippen LogP contribution >= 0.6 is 0 Å². The zero-order valence-electron chi connectivity index (χ0n) is 8.46. The third-order valence-corrected chi connectivity index (χ3v) is 2.76. The van der Waals surface area contributed by atoms with Gasteiger partial charge in [-0.1, -0.05) is 0 Å². The second kappa shape index (κ2) is 4.81. The summed E-state index contributed by atoms with van der Waals surface area (Å²) in [6.07, 6.45) is -10.2. The topological polar surface area (TPSA) is 12.0 Å². The zero-order valence-corrected chi connectivity index (χ0v) is 8.46. The van der Waals surface area contributed by atoms with Gasteiger partial charge in [0.25, 0.3) is 0 Å². The molecule has 1 saturated heterocycles. The summed E-state index contributed by atoms with van der Waals surface area (Å²) in [6.45, 7) is 0.905. The first kappa shape index (κ1) is 13.6. The molecule has 0 aromatic rings. The highest BCUT2D eigenvalue weighted by Crippen LogP contribution is 2.43. The summed E-state index contributed by atoms with van der Waals surface area (Å²) >= 11 is 0. The Bertz CT molecular complexity index is 201. The van der Waals surface area contributed by atoms with Gasteiger partial charge in [0.15, 0.2) is 5.92 Å². The molecule has 0 aromatic heterocycles. The average molecular weight is 249 g/mol. The maximum atomic E-state index is 12.2. The van der Waals surface area contributed by atoms with Gasteiger partial charge in [0.1, 0.15) is 0 Å². The van der Waals surface area contributed by atoms with Crippen LogP contribution in [-0.2, 0) is 0 Å². The van der Waals surface area contributed by atoms with Crippen molar-refractivity contribution in [3.63, 3.8) is 0 Å². The molecule has 0 radical (unpaired) electrons. The van der Waals surface area contributed by atoms with Crippen LogP contribution in [0.3, 0.4) is 0 Å². The van der Waals surface area contributed by atoms with E-state index < -0.39 is 30.6 Å². The number of nitrogens with one attached hydrogen (secondary N) is 1. The highest BCUT2D eigenvalue weighted by Gasteiger charge is 2.56. The van der Waals surface area contributed by atoms with Gasteiger partial charge in [-0.15, -0.1) is 0 Å². The Labute approximate surface area is 89.2 Å². The van der Waals surface area contributed by atoms with Crippen LogP contribution in [-0.4, -0.2) is 25.4 Å². The van der Waals surface area contributed by atoms with Crippen LogP contribution in [0.2, 0.25) is 0 Å². The summed E-state index contributed by atoms with van der Waals surface area (Å²) in [7, 11) is 0. The van der Waals surface area contributed by atoms with E-state index in [0.29, 0.717) is 19.4 Å². The minimum absolute atomic E-state index is 0.239. The number of hydrogen-bond donors (Lipinski definition) is 1. The molecule has 0 aliphatic carbocycles. The standard InChI is InChI=1S/C9H13F6N/c10-8(11,12)7(9(13,14)15)4-6-2-1-3-16-5-6/h6-7,16H,1-5H2. The van der Waals surface area contributed by atoms with Crippen LogP contribution in [0.5, 0.6) is 0 Å². The van der Waals surface area contributed by atoms with Crippen LogP contribution in [0.15, 0.2) is 0 Å². The van der Waals surface area contributed by atoms with Crippen LogP contribution < -0.4 is 5.32 Å². The minimum Gasteiger partial charge on any atom is -0.316 e. The molecule has 0 spiro atoms. The van der Waals surface area contributed by atoms with E-state index >= 15 is 0 Å². The molecule has 96 valence electrons. The molecule has 1 heterocycles. The maximum absolute atomic E-state index is 12.2. The van der Waals surface area contributed by atoms with Gasteiger partial charge in [-0.2, -0.15) is 26.3 Å². The van der Waals surface area contributed by atoms with E-state index in [1.807, 2.05) is 0 Å². The molecule has 1 atom stereocenters. The molecule has 16 heavy (non-hydrogen) atoms. The zero-order chi connectivity index (χ0) is 12.4. The summed E-state index contributed by atoms with van der Waals surface area (Å²) in [6, 6.07) is 0. The summed E-state index contributed by atoms with van der Waals surface area (Å²) in [4.78, 5) is 0. The van der Waals surface area contributed by atoms with Gasteiger partial charge in [0.2, 0.25) is 0 Å². The lowest BCUT2D eigenvalue weighted by Gasteiger charge is -2.29. The van der Waals surface area contributed by atoms with Gasteiger partial charge in [0, 0.05) is 0 Å². The van der Waals surface area contributed by atoms with Gasteiger partial charge in [0.05, 0.1) is 0 Å². The largest absolute Gasteiger partial charge is 0.400 e. The average Bonchev–Trinajstić information content (AvgIpc) is 2.12. The molecule has 1 aliphatic rings. The first-order chi connectivity index (χ1) is 7.21. The SMILES string of the molecule is FC(F)(F)C(CC1CCCNC1)C(F)(F)F. The first-order valence-electron chi connectivity index (χ1n) is 5.05. The smallest absolute Gasteiger partial charge is 0.316 e. The Morgan fingerprint density at radius 3 is 2.00 bits per heavy atom. The van der Waals surface area contributed by atoms with E-state index in [1.54, 1.807) is 0 Å². The molecule has 0 amide bonds. The van der Waals surface area contributed by atoms with E-state index in [-0.39, 0.29) is 6.54 Å². The van der Waals surface area contributed by atoms with Crippen molar-refractivity contribution in [1.82, 2.24) is 5.32 Å². The van der Waals surface area contributed by atoms with Crippen molar-refractivity contribution in [1.29, 1.82) is 0 Å². The molecule has 0 saturated carbocycles. The third kappa shape index (κ3) is 3.84. The van der Waals surface area contributed by atoms with E-state index in [4.69, 9.17) is 0 Å². The third-order valence-electron chi connectivity index (χ3n) is 2.76. The van der Waals surface area contributed by atoms with E-state index in [1.165, 1.54) is 0 Å². The number of rotatable bonds is 2. The normalized spacial score (nSPS) is 23.8. The molecule has 1 N–H and O–H groups in total. The van der Waals surface area contributed by atoms with E-state index in [0.717, 1.165) is 0 Å². The van der Waals surface area contributed by atoms with Crippen molar-refractivity contribution in [2.24, 2.45) is 11.8 Å². The molecule has 1 fully saturated rings. The number of piperidine rings is 1. The fourth-order valence-corrected chi connectivity index (χ4v) is 1.91. The van der Waals surface area contributed by atoms with Crippen LogP contribution in [0.1, 0.15) is 19.3 Å². The van der Waals surface area contributed by atoms with Crippen LogP contribution in [0.4, 0.5) is 26.3 Å². The predicted molar refractivity (Wildman–Crippen MR) is 45.8 cm³/mol. The molecule has 1 nitrogen and oxygen atoms in total. The number of hydrogen-bond acceptors (Lipinski definition) is 1. The summed E-state index contributed by atoms with van der Waals surface area (Å²) in [5.74, 6) is -3.73. The fourth-order valence-electron chi connectivity index (χ4n) is 1.91. The van der Waals surface area contributed by atoms with Gasteiger partial charge < -0.3 is 5.32 Å². The highest BCUT2D eigenvalue weighted by molar-refractivity contribution is 4.80. The molecular formula is C9H13F6N. The lowest BCUT2D eigenvalue weighted by molar-refractivity contribution is -0.288. The summed E-state index contributed by atoms with van der Waals surface area (Å²) in [5.41, 5.74) is 0. The molecule has 1 aliphatic heterocycles. The molecule has 1 unspecified atom stereocenters. The lowest BCUT2D eigenvalue weighted by atomic mass is 9.88. The molecule has 1 rings (SSSR count). The van der Waals surface area contributed by atoms with Crippen molar-refractivity contribution < 1.29 is 26.3 Å². The first-order valence-corrected chi connectivity index (χ1v) is 5.05. The Morgan fingerprint density at radius 2 is 1.62 bits per heavy atom. The van der Waals surface area contributed by atoms with Crippen molar-refractivity contribution in [2.75, 3.05) is 13.1 Å². The number of halogens is 6. The Hall–Kier alpha value is -0.460. The highest BCUT2D eigenvalue weighted by atomic mass is 19.4.